The highest BCUT2D eigenvalue weighted by atomic mass is 19.4. The van der Waals surface area contributed by atoms with Crippen molar-refractivity contribution >= 4 is 40.8 Å². The van der Waals surface area contributed by atoms with Gasteiger partial charge in [-0.1, -0.05) is 18.2 Å². The summed E-state index contributed by atoms with van der Waals surface area (Å²) in [5.74, 6) is 0.679. The van der Waals surface area contributed by atoms with E-state index in [1.54, 1.807) is 55.7 Å². The van der Waals surface area contributed by atoms with Crippen LogP contribution in [-0.4, -0.2) is 29.0 Å². The minimum atomic E-state index is -4.62. The summed E-state index contributed by atoms with van der Waals surface area (Å²) in [5.41, 5.74) is 1.94. The molecule has 214 valence electrons. The molecule has 5 N–H and O–H groups in total. The number of nitrogens with zero attached hydrogens (tertiary/aromatic N) is 3. The summed E-state index contributed by atoms with van der Waals surface area (Å²) in [6.07, 6.45) is -3.03. The zero-order valence-electron chi connectivity index (χ0n) is 22.4. The van der Waals surface area contributed by atoms with Crippen LogP contribution in [0.4, 0.5) is 46.8 Å². The van der Waals surface area contributed by atoms with Gasteiger partial charge in [0.15, 0.2) is 0 Å². The van der Waals surface area contributed by atoms with Gasteiger partial charge in [0.05, 0.1) is 16.8 Å². The molecule has 1 heterocycles. The topological polar surface area (TPSA) is 144 Å². The number of nitriles is 1. The van der Waals surface area contributed by atoms with Gasteiger partial charge in [-0.25, -0.2) is 9.78 Å². The van der Waals surface area contributed by atoms with Crippen molar-refractivity contribution in [2.24, 2.45) is 0 Å². The number of hydrogen-bond acceptors (Lipinski definition) is 7. The fraction of sp³-hybridized carbons (Fsp3) is 0.138. The highest BCUT2D eigenvalue weighted by Gasteiger charge is 2.31. The number of nitrogens with one attached hydrogen (secondary N) is 5. The number of alkyl halides is 3. The minimum absolute atomic E-state index is 0.102. The molecule has 0 bridgehead atoms. The number of anilines is 5. The molecule has 0 aliphatic rings. The molecule has 4 rings (SSSR count). The first-order valence-corrected chi connectivity index (χ1v) is 12.5. The average Bonchev–Trinajstić information content (AvgIpc) is 2.97. The van der Waals surface area contributed by atoms with E-state index >= 15 is 0 Å². The molecule has 0 spiro atoms. The molecule has 4 aromatic rings. The maximum atomic E-state index is 13.0. The van der Waals surface area contributed by atoms with Crippen molar-refractivity contribution in [2.45, 2.75) is 19.6 Å². The Bertz CT molecular complexity index is 1650. The second-order valence-electron chi connectivity index (χ2n) is 9.00. The third kappa shape index (κ3) is 7.51. The van der Waals surface area contributed by atoms with Crippen LogP contribution in [0.25, 0.3) is 0 Å². The lowest BCUT2D eigenvalue weighted by atomic mass is 10.1. The molecule has 0 atom stereocenters. The number of carbonyl (C=O) groups excluding carboxylic acids is 2. The Morgan fingerprint density at radius 3 is 2.38 bits per heavy atom. The van der Waals surface area contributed by atoms with Crippen LogP contribution in [0.3, 0.4) is 0 Å². The predicted octanol–water partition coefficient (Wildman–Crippen LogP) is 6.03. The van der Waals surface area contributed by atoms with Gasteiger partial charge in [-0.15, -0.1) is 0 Å². The molecule has 10 nitrogen and oxygen atoms in total. The van der Waals surface area contributed by atoms with Crippen molar-refractivity contribution in [2.75, 3.05) is 28.3 Å². The SMILES string of the molecule is CNC(=O)c1cc(Nc2nccc(NCc3ccc(NC(=O)Nc4cc(C(F)(F)F)ccc4C#N)cc3)n2)ccc1C. The summed E-state index contributed by atoms with van der Waals surface area (Å²) < 4.78 is 39.1. The van der Waals surface area contributed by atoms with E-state index in [9.17, 15) is 28.0 Å². The molecule has 0 fully saturated rings. The van der Waals surface area contributed by atoms with Gasteiger partial charge in [0.25, 0.3) is 5.91 Å². The molecule has 3 amide bonds. The Morgan fingerprint density at radius 2 is 1.69 bits per heavy atom. The third-order valence-electron chi connectivity index (χ3n) is 6.02. The molecule has 13 heteroatoms. The first-order valence-electron chi connectivity index (χ1n) is 12.5. The largest absolute Gasteiger partial charge is 0.416 e. The average molecular weight is 575 g/mol. The van der Waals surface area contributed by atoms with E-state index in [2.05, 4.69) is 36.6 Å². The van der Waals surface area contributed by atoms with E-state index in [0.717, 1.165) is 23.3 Å². The highest BCUT2D eigenvalue weighted by molar-refractivity contribution is 6.00. The predicted molar refractivity (Wildman–Crippen MR) is 152 cm³/mol. The Labute approximate surface area is 239 Å². The summed E-state index contributed by atoms with van der Waals surface area (Å²) >= 11 is 0. The van der Waals surface area contributed by atoms with Gasteiger partial charge < -0.3 is 26.6 Å². The van der Waals surface area contributed by atoms with Gasteiger partial charge in [-0.05, 0) is 66.6 Å². The number of aromatic nitrogens is 2. The summed E-state index contributed by atoms with van der Waals surface area (Å²) in [7, 11) is 1.57. The number of aryl methyl sites for hydroxylation is 1. The van der Waals surface area contributed by atoms with Gasteiger partial charge in [-0.3, -0.25) is 4.79 Å². The van der Waals surface area contributed by atoms with E-state index < -0.39 is 17.8 Å². The van der Waals surface area contributed by atoms with E-state index in [0.29, 0.717) is 41.3 Å². The van der Waals surface area contributed by atoms with E-state index in [4.69, 9.17) is 0 Å². The quantitative estimate of drug-likeness (QED) is 0.173. The van der Waals surface area contributed by atoms with Crippen LogP contribution in [0.15, 0.2) is 72.9 Å². The Hall–Kier alpha value is -5.64. The number of urea groups is 1. The molecule has 0 aliphatic carbocycles. The van der Waals surface area contributed by atoms with Crippen LogP contribution in [0, 0.1) is 18.3 Å². The molecular formula is C29H25F3N8O2. The van der Waals surface area contributed by atoms with Crippen molar-refractivity contribution in [3.8, 4) is 6.07 Å². The number of benzene rings is 3. The summed E-state index contributed by atoms with van der Waals surface area (Å²) in [4.78, 5) is 33.1. The standard InChI is InChI=1S/C29H25F3N8O2/c1-17-3-8-22(14-23(17)26(41)34-2)37-27-35-12-11-25(40-27)36-16-18-4-9-21(10-5-18)38-28(42)39-24-13-20(29(30,31)32)7-6-19(24)15-33/h3-14H,16H2,1-2H3,(H,34,41)(H2,38,39,42)(H2,35,36,37,40). The zero-order valence-corrected chi connectivity index (χ0v) is 22.4. The van der Waals surface area contributed by atoms with E-state index in [1.165, 1.54) is 0 Å². The van der Waals surface area contributed by atoms with Gasteiger partial charge in [-0.2, -0.15) is 23.4 Å². The number of carbonyl (C=O) groups is 2. The molecule has 3 aromatic carbocycles. The van der Waals surface area contributed by atoms with Crippen molar-refractivity contribution < 1.29 is 22.8 Å². The molecule has 0 saturated carbocycles. The lowest BCUT2D eigenvalue weighted by Gasteiger charge is -2.13. The first-order chi connectivity index (χ1) is 20.0. The van der Waals surface area contributed by atoms with Crippen molar-refractivity contribution in [1.82, 2.24) is 15.3 Å². The molecule has 0 saturated heterocycles. The number of amides is 3. The third-order valence-corrected chi connectivity index (χ3v) is 6.02. The molecule has 42 heavy (non-hydrogen) atoms. The van der Waals surface area contributed by atoms with Crippen LogP contribution >= 0.6 is 0 Å². The number of halogens is 3. The van der Waals surface area contributed by atoms with Crippen LogP contribution in [0.1, 0.15) is 32.6 Å². The van der Waals surface area contributed by atoms with Gasteiger partial charge in [0, 0.05) is 36.7 Å². The Balaban J connectivity index is 1.34. The molecule has 0 aliphatic heterocycles. The highest BCUT2D eigenvalue weighted by Crippen LogP contribution is 2.32. The van der Waals surface area contributed by atoms with Crippen LogP contribution in [0.5, 0.6) is 0 Å². The maximum absolute atomic E-state index is 13.0. The molecule has 1 aromatic heterocycles. The van der Waals surface area contributed by atoms with Crippen molar-refractivity contribution in [1.29, 1.82) is 5.26 Å². The summed E-state index contributed by atoms with van der Waals surface area (Å²) in [6, 6.07) is 17.3. The lowest BCUT2D eigenvalue weighted by Crippen LogP contribution is -2.20. The van der Waals surface area contributed by atoms with Gasteiger partial charge in [0.1, 0.15) is 11.9 Å². The van der Waals surface area contributed by atoms with Crippen molar-refractivity contribution in [3.63, 3.8) is 0 Å². The van der Waals surface area contributed by atoms with E-state index in [1.807, 2.05) is 19.1 Å². The number of hydrogen-bond donors (Lipinski definition) is 5. The number of rotatable bonds is 8. The van der Waals surface area contributed by atoms with Gasteiger partial charge in [0.2, 0.25) is 5.95 Å². The second-order valence-corrected chi connectivity index (χ2v) is 9.00. The molecule has 0 radical (unpaired) electrons. The van der Waals surface area contributed by atoms with E-state index in [-0.39, 0.29) is 17.2 Å². The fourth-order valence-corrected chi connectivity index (χ4v) is 3.83. The molecule has 0 unspecified atom stereocenters. The second kappa shape index (κ2) is 12.7. The summed E-state index contributed by atoms with van der Waals surface area (Å²) in [5, 5.41) is 22.9. The van der Waals surface area contributed by atoms with Crippen LogP contribution in [-0.2, 0) is 12.7 Å². The first kappa shape index (κ1) is 29.3. The smallest absolute Gasteiger partial charge is 0.366 e. The van der Waals surface area contributed by atoms with Crippen LogP contribution in [0.2, 0.25) is 0 Å². The zero-order chi connectivity index (χ0) is 30.3. The lowest BCUT2D eigenvalue weighted by molar-refractivity contribution is -0.137. The fourth-order valence-electron chi connectivity index (χ4n) is 3.83. The van der Waals surface area contributed by atoms with Gasteiger partial charge >= 0.3 is 12.2 Å². The van der Waals surface area contributed by atoms with Crippen LogP contribution < -0.4 is 26.6 Å². The Kier molecular flexibility index (Phi) is 8.87. The minimum Gasteiger partial charge on any atom is -0.366 e. The Morgan fingerprint density at radius 1 is 0.952 bits per heavy atom. The summed E-state index contributed by atoms with van der Waals surface area (Å²) in [6.45, 7) is 2.24. The maximum Gasteiger partial charge on any atom is 0.416 e. The molecular weight excluding hydrogens is 549 g/mol. The van der Waals surface area contributed by atoms with Crippen molar-refractivity contribution in [3.05, 3.63) is 101 Å². The normalized spacial score (nSPS) is 10.8. The monoisotopic (exact) mass is 574 g/mol.